The third-order valence-corrected chi connectivity index (χ3v) is 4.30. The summed E-state index contributed by atoms with van der Waals surface area (Å²) in [4.78, 5) is 17.7. The highest BCUT2D eigenvalue weighted by Gasteiger charge is 2.16. The number of nitrogens with zero attached hydrogens (tertiary/aromatic N) is 4. The van der Waals surface area contributed by atoms with Crippen molar-refractivity contribution in [1.82, 2.24) is 0 Å². The van der Waals surface area contributed by atoms with Crippen molar-refractivity contribution in [3.63, 3.8) is 0 Å². The summed E-state index contributed by atoms with van der Waals surface area (Å²) in [7, 11) is 0. The van der Waals surface area contributed by atoms with E-state index in [1.54, 1.807) is 0 Å². The van der Waals surface area contributed by atoms with Gasteiger partial charge in [0.15, 0.2) is 0 Å². The van der Waals surface area contributed by atoms with Crippen molar-refractivity contribution in [3.8, 4) is 0 Å². The molecule has 0 unspecified atom stereocenters. The van der Waals surface area contributed by atoms with Crippen molar-refractivity contribution < 1.29 is 0 Å². The Balaban J connectivity index is 3.98. The molecule has 4 nitrogen and oxygen atoms in total. The van der Waals surface area contributed by atoms with E-state index < -0.39 is 0 Å². The van der Waals surface area contributed by atoms with Crippen LogP contribution >= 0.6 is 0 Å². The van der Waals surface area contributed by atoms with Crippen LogP contribution in [0.3, 0.4) is 0 Å². The van der Waals surface area contributed by atoms with E-state index in [-0.39, 0.29) is 22.2 Å². The van der Waals surface area contributed by atoms with E-state index in [2.05, 4.69) is 101 Å². The summed E-state index contributed by atoms with van der Waals surface area (Å²) in [6, 6.07) is 5.80. The Morgan fingerprint density at radius 2 is 0.714 bits per heavy atom. The maximum Gasteiger partial charge on any atom is 0.0903 e. The fourth-order valence-electron chi connectivity index (χ4n) is 2.55. The summed E-state index contributed by atoms with van der Waals surface area (Å²) in [5.74, 6) is 0. The summed E-state index contributed by atoms with van der Waals surface area (Å²) in [6.07, 6.45) is 9.75. The van der Waals surface area contributed by atoms with Crippen LogP contribution in [0.15, 0.2) is 20.0 Å². The summed E-state index contributed by atoms with van der Waals surface area (Å²) in [6.45, 7) is 21.1. The van der Waals surface area contributed by atoms with Gasteiger partial charge in [-0.25, -0.2) is 20.0 Å². The lowest BCUT2D eigenvalue weighted by atomic mass is 9.95. The predicted octanol–water partition coefficient (Wildman–Crippen LogP) is 7.61. The van der Waals surface area contributed by atoms with Crippen molar-refractivity contribution in [1.29, 1.82) is 0 Å². The fourth-order valence-corrected chi connectivity index (χ4v) is 2.55. The molecule has 0 radical (unpaired) electrons. The maximum absolute atomic E-state index is 4.51. The van der Waals surface area contributed by atoms with Gasteiger partial charge in [0.05, 0.1) is 34.2 Å². The first-order valence-corrected chi connectivity index (χ1v) is 11.0. The average molecular weight is 391 g/mol. The third-order valence-electron chi connectivity index (χ3n) is 4.30. The molecule has 0 aliphatic rings. The number of aliphatic imine (C=N–C) groups is 4. The second-order valence-electron chi connectivity index (χ2n) is 11.2. The summed E-state index contributed by atoms with van der Waals surface area (Å²) >= 11 is 0. The normalized spacial score (nSPS) is 12.8. The molecule has 0 fully saturated rings. The lowest BCUT2D eigenvalue weighted by molar-refractivity contribution is 0.429. The Bertz CT molecular complexity index is 506. The van der Waals surface area contributed by atoms with Crippen molar-refractivity contribution in [2.24, 2.45) is 20.0 Å². The fraction of sp³-hybridized carbons (Fsp3) is 0.917. The molecule has 0 rings (SSSR count). The first kappa shape index (κ1) is 26.8. The number of hydrogen-bond donors (Lipinski definition) is 0. The molecule has 4 heteroatoms. The zero-order valence-electron chi connectivity index (χ0n) is 20.4. The quantitative estimate of drug-likeness (QED) is 0.257. The zero-order valence-corrected chi connectivity index (χ0v) is 20.4. The summed E-state index contributed by atoms with van der Waals surface area (Å²) in [5, 5.41) is 0. The zero-order chi connectivity index (χ0) is 21.9. The molecule has 162 valence electrons. The minimum Gasteiger partial charge on any atom is -0.220 e. The molecule has 0 bridgehead atoms. The maximum atomic E-state index is 4.51. The number of hydrogen-bond acceptors (Lipinski definition) is 4. The van der Waals surface area contributed by atoms with Crippen molar-refractivity contribution in [2.45, 2.75) is 143 Å². The Kier molecular flexibility index (Phi) is 11.2. The second kappa shape index (κ2) is 11.7. The highest BCUT2D eigenvalue weighted by Crippen LogP contribution is 2.21. The smallest absolute Gasteiger partial charge is 0.0903 e. The molecule has 0 heterocycles. The SMILES string of the molecule is CC(C)(C)N=C=NC(C)(C)CCCCCCCCC(C)(C)N=C=NC(C)(C)C. The van der Waals surface area contributed by atoms with Gasteiger partial charge in [0, 0.05) is 0 Å². The first-order valence-electron chi connectivity index (χ1n) is 11.0. The predicted molar refractivity (Wildman–Crippen MR) is 124 cm³/mol. The number of unbranched alkanes of at least 4 members (excludes halogenated alkanes) is 5. The van der Waals surface area contributed by atoms with Gasteiger partial charge in [0.1, 0.15) is 0 Å². The Labute approximate surface area is 175 Å². The average Bonchev–Trinajstić information content (AvgIpc) is 2.46. The van der Waals surface area contributed by atoms with E-state index in [1.807, 2.05) is 0 Å². The standard InChI is InChI=1S/C24H46N4/c1-21(2,3)25-19-27-23(7,8)17-15-13-11-12-14-16-18-24(9,10)28-20-26-22(4,5)6/h11-18H2,1-10H3. The molecule has 0 aromatic rings. The van der Waals surface area contributed by atoms with Gasteiger partial charge in [-0.05, 0) is 82.1 Å². The Morgan fingerprint density at radius 3 is 1.00 bits per heavy atom. The van der Waals surface area contributed by atoms with Gasteiger partial charge in [-0.15, -0.1) is 0 Å². The highest BCUT2D eigenvalue weighted by molar-refractivity contribution is 5.43. The van der Waals surface area contributed by atoms with Gasteiger partial charge in [-0.1, -0.05) is 38.5 Å². The van der Waals surface area contributed by atoms with Gasteiger partial charge >= 0.3 is 0 Å². The third kappa shape index (κ3) is 18.1. The van der Waals surface area contributed by atoms with Crippen LogP contribution < -0.4 is 0 Å². The van der Waals surface area contributed by atoms with Crippen LogP contribution in [-0.4, -0.2) is 34.2 Å². The van der Waals surface area contributed by atoms with E-state index in [9.17, 15) is 0 Å². The van der Waals surface area contributed by atoms with Crippen molar-refractivity contribution in [3.05, 3.63) is 0 Å². The van der Waals surface area contributed by atoms with E-state index >= 15 is 0 Å². The molecule has 28 heavy (non-hydrogen) atoms. The van der Waals surface area contributed by atoms with Gasteiger partial charge < -0.3 is 0 Å². The van der Waals surface area contributed by atoms with Crippen LogP contribution in [0.25, 0.3) is 0 Å². The van der Waals surface area contributed by atoms with Crippen molar-refractivity contribution >= 4 is 12.0 Å². The lowest BCUT2D eigenvalue weighted by Crippen LogP contribution is -2.16. The first-order chi connectivity index (χ1) is 12.6. The van der Waals surface area contributed by atoms with Gasteiger partial charge in [0.25, 0.3) is 0 Å². The van der Waals surface area contributed by atoms with E-state index in [0.29, 0.717) is 0 Å². The summed E-state index contributed by atoms with van der Waals surface area (Å²) in [5.41, 5.74) is -0.325. The Hall–Kier alpha value is -1.24. The highest BCUT2D eigenvalue weighted by atomic mass is 14.9. The molecule has 0 aromatic carbocycles. The minimum atomic E-state index is -0.0984. The molecule has 0 saturated carbocycles. The molecule has 0 aliphatic carbocycles. The van der Waals surface area contributed by atoms with Crippen LogP contribution in [-0.2, 0) is 0 Å². The molecule has 0 amide bonds. The lowest BCUT2D eigenvalue weighted by Gasteiger charge is -2.18. The monoisotopic (exact) mass is 390 g/mol. The largest absolute Gasteiger partial charge is 0.220 e. The van der Waals surface area contributed by atoms with E-state index in [0.717, 1.165) is 12.8 Å². The summed E-state index contributed by atoms with van der Waals surface area (Å²) < 4.78 is 0. The molecule has 0 N–H and O–H groups in total. The van der Waals surface area contributed by atoms with Crippen LogP contribution in [0.2, 0.25) is 0 Å². The number of rotatable bonds is 11. The molecular formula is C24H46N4. The molecular weight excluding hydrogens is 344 g/mol. The van der Waals surface area contributed by atoms with Gasteiger partial charge in [0.2, 0.25) is 0 Å². The Morgan fingerprint density at radius 1 is 0.429 bits per heavy atom. The molecule has 0 spiro atoms. The molecule has 0 saturated heterocycles. The van der Waals surface area contributed by atoms with Crippen molar-refractivity contribution in [2.75, 3.05) is 0 Å². The van der Waals surface area contributed by atoms with Gasteiger partial charge in [-0.2, -0.15) is 0 Å². The van der Waals surface area contributed by atoms with Crippen LogP contribution in [0, 0.1) is 0 Å². The van der Waals surface area contributed by atoms with E-state index in [1.165, 1.54) is 38.5 Å². The topological polar surface area (TPSA) is 49.4 Å². The molecule has 0 aromatic heterocycles. The van der Waals surface area contributed by atoms with Crippen LogP contribution in [0.1, 0.15) is 121 Å². The van der Waals surface area contributed by atoms with Crippen LogP contribution in [0.5, 0.6) is 0 Å². The molecule has 0 atom stereocenters. The van der Waals surface area contributed by atoms with Gasteiger partial charge in [-0.3, -0.25) is 0 Å². The minimum absolute atomic E-state index is 0.0641. The second-order valence-corrected chi connectivity index (χ2v) is 11.2. The molecule has 0 aliphatic heterocycles. The van der Waals surface area contributed by atoms with Crippen LogP contribution in [0.4, 0.5) is 0 Å². The van der Waals surface area contributed by atoms with E-state index in [4.69, 9.17) is 0 Å².